The number of phenolic OH excluding ortho intramolecular Hbond substituents is 1. The Morgan fingerprint density at radius 3 is 2.64 bits per heavy atom. The second-order valence-electron chi connectivity index (χ2n) is 4.39. The number of benzene rings is 2. The molecule has 5 N–H and O–H groups in total. The van der Waals surface area contributed by atoms with Gasteiger partial charge in [-0.25, -0.2) is 4.79 Å². The van der Waals surface area contributed by atoms with Gasteiger partial charge < -0.3 is 15.9 Å². The van der Waals surface area contributed by atoms with Gasteiger partial charge in [-0.1, -0.05) is 18.2 Å². The Hall–Kier alpha value is -2.93. The van der Waals surface area contributed by atoms with Crippen molar-refractivity contribution in [3.05, 3.63) is 53.6 Å². The maximum atomic E-state index is 11.0. The Morgan fingerprint density at radius 1 is 1.23 bits per heavy atom. The highest BCUT2D eigenvalue weighted by molar-refractivity contribution is 7.80. The molecule has 0 saturated heterocycles. The molecule has 22 heavy (non-hydrogen) atoms. The minimum absolute atomic E-state index is 0.0149. The van der Waals surface area contributed by atoms with Crippen LogP contribution >= 0.6 is 12.2 Å². The zero-order valence-electron chi connectivity index (χ0n) is 11.4. The summed E-state index contributed by atoms with van der Waals surface area (Å²) < 4.78 is 0. The van der Waals surface area contributed by atoms with Gasteiger partial charge in [-0.2, -0.15) is 5.10 Å². The first-order chi connectivity index (χ1) is 10.5. The number of nitrogens with one attached hydrogen (secondary N) is 1. The molecule has 0 aliphatic heterocycles. The third kappa shape index (κ3) is 3.80. The van der Waals surface area contributed by atoms with Crippen molar-refractivity contribution in [1.29, 1.82) is 0 Å². The Bertz CT molecular complexity index is 759. The summed E-state index contributed by atoms with van der Waals surface area (Å²) in [4.78, 5) is 11.0. The van der Waals surface area contributed by atoms with Crippen LogP contribution in [0.1, 0.15) is 15.9 Å². The summed E-state index contributed by atoms with van der Waals surface area (Å²) in [6, 6.07) is 11.4. The molecule has 112 valence electrons. The van der Waals surface area contributed by atoms with Gasteiger partial charge in [0.1, 0.15) is 5.75 Å². The second kappa shape index (κ2) is 6.68. The molecule has 2 rings (SSSR count). The maximum absolute atomic E-state index is 11.0. The monoisotopic (exact) mass is 315 g/mol. The van der Waals surface area contributed by atoms with Gasteiger partial charge in [-0.15, -0.1) is 0 Å². The van der Waals surface area contributed by atoms with Crippen molar-refractivity contribution in [2.75, 3.05) is 0 Å². The number of phenols is 1. The van der Waals surface area contributed by atoms with Crippen LogP contribution in [0.15, 0.2) is 47.6 Å². The fourth-order valence-corrected chi connectivity index (χ4v) is 1.89. The number of aromatic carboxylic acids is 1. The summed E-state index contributed by atoms with van der Waals surface area (Å²) in [5.74, 6) is -0.963. The zero-order chi connectivity index (χ0) is 16.1. The molecule has 0 radical (unpaired) electrons. The molecule has 0 fully saturated rings. The molecule has 2 aromatic rings. The third-order valence-corrected chi connectivity index (χ3v) is 2.94. The molecular weight excluding hydrogens is 302 g/mol. The fourth-order valence-electron chi connectivity index (χ4n) is 1.83. The lowest BCUT2D eigenvalue weighted by molar-refractivity contribution is 0.0697. The standard InChI is InChI=1S/C15H13N3O3S/c16-15(22)18-17-8-12-7-10(4-5-13(12)19)9-2-1-3-11(6-9)14(20)21/h1-8,19H,(H,20,21)(H3,16,18,22)/b17-8+. The Balaban J connectivity index is 2.36. The van der Waals surface area contributed by atoms with Crippen LogP contribution in [-0.2, 0) is 0 Å². The van der Waals surface area contributed by atoms with Gasteiger partial charge in [-0.3, -0.25) is 5.43 Å². The molecule has 0 bridgehead atoms. The molecule has 0 aromatic heterocycles. The van der Waals surface area contributed by atoms with Gasteiger partial charge in [-0.05, 0) is 47.6 Å². The SMILES string of the molecule is NC(=S)N/N=C/c1cc(-c2cccc(C(=O)O)c2)ccc1O. The first-order valence-electron chi connectivity index (χ1n) is 6.22. The van der Waals surface area contributed by atoms with Crippen LogP contribution in [0.3, 0.4) is 0 Å². The van der Waals surface area contributed by atoms with Crippen molar-refractivity contribution >= 4 is 29.5 Å². The Morgan fingerprint density at radius 2 is 1.95 bits per heavy atom. The minimum atomic E-state index is -0.997. The average molecular weight is 315 g/mol. The molecule has 0 heterocycles. The summed E-state index contributed by atoms with van der Waals surface area (Å²) in [5.41, 5.74) is 9.75. The maximum Gasteiger partial charge on any atom is 0.335 e. The number of nitrogens with zero attached hydrogens (tertiary/aromatic N) is 1. The van der Waals surface area contributed by atoms with Crippen molar-refractivity contribution in [3.8, 4) is 16.9 Å². The zero-order valence-corrected chi connectivity index (χ0v) is 12.2. The van der Waals surface area contributed by atoms with Gasteiger partial charge in [0.2, 0.25) is 0 Å². The normalized spacial score (nSPS) is 10.5. The number of nitrogens with two attached hydrogens (primary N) is 1. The number of hydrogen-bond donors (Lipinski definition) is 4. The number of thiocarbonyl (C=S) groups is 1. The van der Waals surface area contributed by atoms with Crippen molar-refractivity contribution in [2.45, 2.75) is 0 Å². The molecule has 7 heteroatoms. The van der Waals surface area contributed by atoms with E-state index in [1.54, 1.807) is 30.3 Å². The summed E-state index contributed by atoms with van der Waals surface area (Å²) in [6.45, 7) is 0. The molecule has 6 nitrogen and oxygen atoms in total. The van der Waals surface area contributed by atoms with Crippen LogP contribution in [0, 0.1) is 0 Å². The number of rotatable bonds is 4. The quantitative estimate of drug-likeness (QED) is 0.390. The Kier molecular flexibility index (Phi) is 4.70. The van der Waals surface area contributed by atoms with E-state index in [-0.39, 0.29) is 16.4 Å². The van der Waals surface area contributed by atoms with E-state index >= 15 is 0 Å². The molecule has 0 amide bonds. The topological polar surface area (TPSA) is 108 Å². The highest BCUT2D eigenvalue weighted by Gasteiger charge is 2.07. The molecule has 0 atom stereocenters. The van der Waals surface area contributed by atoms with E-state index < -0.39 is 5.97 Å². The van der Waals surface area contributed by atoms with Gasteiger partial charge >= 0.3 is 5.97 Å². The summed E-state index contributed by atoms with van der Waals surface area (Å²) in [6.07, 6.45) is 1.37. The highest BCUT2D eigenvalue weighted by Crippen LogP contribution is 2.25. The van der Waals surface area contributed by atoms with E-state index in [1.165, 1.54) is 18.3 Å². The van der Waals surface area contributed by atoms with E-state index in [1.807, 2.05) is 0 Å². The number of hydrogen-bond acceptors (Lipinski definition) is 4. The van der Waals surface area contributed by atoms with Crippen LogP contribution in [-0.4, -0.2) is 27.5 Å². The molecule has 0 spiro atoms. The predicted molar refractivity (Wildman–Crippen MR) is 88.0 cm³/mol. The van der Waals surface area contributed by atoms with Crippen LogP contribution < -0.4 is 11.2 Å². The number of hydrazone groups is 1. The number of aromatic hydroxyl groups is 1. The summed E-state index contributed by atoms with van der Waals surface area (Å²) in [5, 5.41) is 22.6. The lowest BCUT2D eigenvalue weighted by atomic mass is 10.0. The molecular formula is C15H13N3O3S. The van der Waals surface area contributed by atoms with Gasteiger partial charge in [0, 0.05) is 5.56 Å². The van der Waals surface area contributed by atoms with E-state index in [4.69, 9.17) is 10.8 Å². The van der Waals surface area contributed by atoms with Crippen LogP contribution in [0.2, 0.25) is 0 Å². The highest BCUT2D eigenvalue weighted by atomic mass is 32.1. The van der Waals surface area contributed by atoms with Crippen LogP contribution in [0.4, 0.5) is 0 Å². The fraction of sp³-hybridized carbons (Fsp3) is 0. The second-order valence-corrected chi connectivity index (χ2v) is 4.83. The molecule has 0 unspecified atom stereocenters. The van der Waals surface area contributed by atoms with Gasteiger partial charge in [0.25, 0.3) is 0 Å². The van der Waals surface area contributed by atoms with E-state index in [0.29, 0.717) is 5.56 Å². The first-order valence-corrected chi connectivity index (χ1v) is 6.63. The van der Waals surface area contributed by atoms with Crippen molar-refractivity contribution in [2.24, 2.45) is 10.8 Å². The van der Waals surface area contributed by atoms with E-state index in [9.17, 15) is 9.90 Å². The summed E-state index contributed by atoms with van der Waals surface area (Å²) >= 11 is 4.62. The van der Waals surface area contributed by atoms with E-state index in [2.05, 4.69) is 22.7 Å². The molecule has 0 saturated carbocycles. The average Bonchev–Trinajstić information content (AvgIpc) is 2.49. The molecule has 0 aliphatic carbocycles. The van der Waals surface area contributed by atoms with Crippen LogP contribution in [0.25, 0.3) is 11.1 Å². The van der Waals surface area contributed by atoms with Crippen molar-refractivity contribution in [1.82, 2.24) is 5.43 Å². The van der Waals surface area contributed by atoms with Crippen molar-refractivity contribution < 1.29 is 15.0 Å². The minimum Gasteiger partial charge on any atom is -0.507 e. The van der Waals surface area contributed by atoms with Crippen molar-refractivity contribution in [3.63, 3.8) is 0 Å². The van der Waals surface area contributed by atoms with E-state index in [0.717, 1.165) is 11.1 Å². The third-order valence-electron chi connectivity index (χ3n) is 2.85. The lowest BCUT2D eigenvalue weighted by Crippen LogP contribution is -2.23. The summed E-state index contributed by atoms with van der Waals surface area (Å²) in [7, 11) is 0. The van der Waals surface area contributed by atoms with Gasteiger partial charge in [0.15, 0.2) is 5.11 Å². The smallest absolute Gasteiger partial charge is 0.335 e. The number of carbonyl (C=O) groups is 1. The Labute approximate surface area is 131 Å². The van der Waals surface area contributed by atoms with Crippen LogP contribution in [0.5, 0.6) is 5.75 Å². The lowest BCUT2D eigenvalue weighted by Gasteiger charge is -2.06. The predicted octanol–water partition coefficient (Wildman–Crippen LogP) is 1.92. The molecule has 0 aliphatic rings. The first kappa shape index (κ1) is 15.5. The number of carboxylic acid groups (broad SMARTS) is 1. The largest absolute Gasteiger partial charge is 0.507 e. The molecule has 2 aromatic carbocycles. The van der Waals surface area contributed by atoms with Gasteiger partial charge in [0.05, 0.1) is 11.8 Å². The number of carboxylic acids is 1.